The maximum atomic E-state index is 12.3. The Morgan fingerprint density at radius 2 is 2.29 bits per heavy atom. The fourth-order valence-electron chi connectivity index (χ4n) is 2.63. The summed E-state index contributed by atoms with van der Waals surface area (Å²) in [5, 5.41) is 28.1. The lowest BCUT2D eigenvalue weighted by Gasteiger charge is -2.13. The van der Waals surface area contributed by atoms with Gasteiger partial charge in [0.15, 0.2) is 0 Å². The van der Waals surface area contributed by atoms with Gasteiger partial charge >= 0.3 is 0 Å². The number of rotatable bonds is 7. The third-order valence-corrected chi connectivity index (χ3v) is 5.20. The van der Waals surface area contributed by atoms with Gasteiger partial charge in [-0.3, -0.25) is 9.48 Å². The van der Waals surface area contributed by atoms with Crippen molar-refractivity contribution in [3.05, 3.63) is 57.1 Å². The summed E-state index contributed by atoms with van der Waals surface area (Å²) < 4.78 is 1.74. The number of hydrogen-bond donors (Lipinski definition) is 2. The van der Waals surface area contributed by atoms with E-state index in [1.165, 1.54) is 11.3 Å². The number of aliphatic hydroxyl groups is 1. The van der Waals surface area contributed by atoms with Crippen LogP contribution in [0.2, 0.25) is 5.02 Å². The number of thiazole rings is 1. The summed E-state index contributed by atoms with van der Waals surface area (Å²) in [5.74, 6) is -0.251. The Morgan fingerprint density at radius 1 is 1.46 bits per heavy atom. The SMILES string of the molecule is C[C@@H](Cn1ccc(-c2ccc(C#N)c(Cl)c2)n1)NC(=O)c1csc(CCO)n1. The molecule has 0 spiro atoms. The zero-order valence-electron chi connectivity index (χ0n) is 15.1. The molecule has 28 heavy (non-hydrogen) atoms. The number of halogens is 1. The van der Waals surface area contributed by atoms with Gasteiger partial charge in [0.2, 0.25) is 0 Å². The highest BCUT2D eigenvalue weighted by molar-refractivity contribution is 7.09. The normalized spacial score (nSPS) is 11.8. The van der Waals surface area contributed by atoms with Crippen LogP contribution in [0.5, 0.6) is 0 Å². The first-order valence-corrected chi connectivity index (χ1v) is 9.85. The molecule has 0 fully saturated rings. The van der Waals surface area contributed by atoms with E-state index in [-0.39, 0.29) is 18.6 Å². The molecule has 0 aliphatic carbocycles. The molecule has 1 amide bonds. The first kappa shape index (κ1) is 20.0. The van der Waals surface area contributed by atoms with Gasteiger partial charge in [0.1, 0.15) is 11.8 Å². The molecule has 2 N–H and O–H groups in total. The largest absolute Gasteiger partial charge is 0.396 e. The maximum Gasteiger partial charge on any atom is 0.271 e. The molecule has 0 bridgehead atoms. The molecular formula is C19H18ClN5O2S. The van der Waals surface area contributed by atoms with Crippen LogP contribution in [0.15, 0.2) is 35.8 Å². The molecule has 3 aromatic rings. The highest BCUT2D eigenvalue weighted by Gasteiger charge is 2.14. The zero-order valence-corrected chi connectivity index (χ0v) is 16.7. The van der Waals surface area contributed by atoms with Crippen LogP contribution in [0.3, 0.4) is 0 Å². The van der Waals surface area contributed by atoms with Crippen molar-refractivity contribution in [1.82, 2.24) is 20.1 Å². The lowest BCUT2D eigenvalue weighted by molar-refractivity contribution is 0.0931. The van der Waals surface area contributed by atoms with Gasteiger partial charge in [-0.1, -0.05) is 17.7 Å². The molecule has 2 aromatic heterocycles. The van der Waals surface area contributed by atoms with Gasteiger partial charge in [-0.2, -0.15) is 10.4 Å². The average Bonchev–Trinajstić information content (AvgIpc) is 3.31. The van der Waals surface area contributed by atoms with Crippen molar-refractivity contribution in [3.63, 3.8) is 0 Å². The summed E-state index contributed by atoms with van der Waals surface area (Å²) in [7, 11) is 0. The Hall–Kier alpha value is -2.73. The summed E-state index contributed by atoms with van der Waals surface area (Å²) in [5.41, 5.74) is 2.33. The third kappa shape index (κ3) is 4.75. The second-order valence-electron chi connectivity index (χ2n) is 6.20. The molecule has 144 valence electrons. The number of hydrogen-bond acceptors (Lipinski definition) is 6. The van der Waals surface area contributed by atoms with Crippen molar-refractivity contribution in [2.24, 2.45) is 0 Å². The fraction of sp³-hybridized carbons (Fsp3) is 0.263. The van der Waals surface area contributed by atoms with Crippen LogP contribution < -0.4 is 5.32 Å². The molecule has 0 aliphatic heterocycles. The summed E-state index contributed by atoms with van der Waals surface area (Å²) in [6.07, 6.45) is 2.27. The number of amides is 1. The van der Waals surface area contributed by atoms with E-state index >= 15 is 0 Å². The van der Waals surface area contributed by atoms with E-state index in [0.717, 1.165) is 16.3 Å². The van der Waals surface area contributed by atoms with Crippen LogP contribution >= 0.6 is 22.9 Å². The predicted molar refractivity (Wildman–Crippen MR) is 107 cm³/mol. The minimum Gasteiger partial charge on any atom is -0.396 e. The van der Waals surface area contributed by atoms with Gasteiger partial charge < -0.3 is 10.4 Å². The summed E-state index contributed by atoms with van der Waals surface area (Å²) in [4.78, 5) is 16.5. The predicted octanol–water partition coefficient (Wildman–Crippen LogP) is 2.88. The van der Waals surface area contributed by atoms with Gasteiger partial charge in [0, 0.05) is 36.2 Å². The van der Waals surface area contributed by atoms with E-state index in [1.807, 2.05) is 25.3 Å². The molecule has 7 nitrogen and oxygen atoms in total. The highest BCUT2D eigenvalue weighted by Crippen LogP contribution is 2.24. The Bertz CT molecular complexity index is 1020. The summed E-state index contributed by atoms with van der Waals surface area (Å²) >= 11 is 7.44. The van der Waals surface area contributed by atoms with E-state index in [2.05, 4.69) is 15.4 Å². The molecule has 0 saturated heterocycles. The van der Waals surface area contributed by atoms with Crippen LogP contribution in [0, 0.1) is 11.3 Å². The van der Waals surface area contributed by atoms with E-state index < -0.39 is 0 Å². The number of carbonyl (C=O) groups excluding carboxylic acids is 1. The Labute approximate surface area is 171 Å². The molecular weight excluding hydrogens is 398 g/mol. The second kappa shape index (κ2) is 8.97. The quantitative estimate of drug-likeness (QED) is 0.617. The minimum absolute atomic E-state index is 0.0110. The van der Waals surface area contributed by atoms with Gasteiger partial charge in [0.05, 0.1) is 27.8 Å². The van der Waals surface area contributed by atoms with Gasteiger partial charge in [-0.05, 0) is 25.1 Å². The van der Waals surface area contributed by atoms with Crippen molar-refractivity contribution in [2.75, 3.05) is 6.61 Å². The van der Waals surface area contributed by atoms with Gasteiger partial charge in [-0.25, -0.2) is 4.98 Å². The highest BCUT2D eigenvalue weighted by atomic mass is 35.5. The number of carbonyl (C=O) groups is 1. The fourth-order valence-corrected chi connectivity index (χ4v) is 3.62. The molecule has 0 aliphatic rings. The lowest BCUT2D eigenvalue weighted by atomic mass is 10.1. The number of aliphatic hydroxyl groups excluding tert-OH is 1. The number of nitriles is 1. The van der Waals surface area contributed by atoms with Crippen molar-refractivity contribution >= 4 is 28.8 Å². The molecule has 0 saturated carbocycles. The van der Waals surface area contributed by atoms with Crippen molar-refractivity contribution in [1.29, 1.82) is 5.26 Å². The van der Waals surface area contributed by atoms with Crippen molar-refractivity contribution in [2.45, 2.75) is 25.9 Å². The van der Waals surface area contributed by atoms with E-state index in [1.54, 1.807) is 28.3 Å². The van der Waals surface area contributed by atoms with Crippen LogP contribution in [0.25, 0.3) is 11.3 Å². The topological polar surface area (TPSA) is 104 Å². The number of aromatic nitrogens is 3. The first-order valence-electron chi connectivity index (χ1n) is 8.59. The molecule has 1 atom stereocenters. The van der Waals surface area contributed by atoms with Gasteiger partial charge in [-0.15, -0.1) is 11.3 Å². The lowest BCUT2D eigenvalue weighted by Crippen LogP contribution is -2.36. The maximum absolute atomic E-state index is 12.3. The molecule has 1 aromatic carbocycles. The minimum atomic E-state index is -0.251. The van der Waals surface area contributed by atoms with Crippen LogP contribution in [0.4, 0.5) is 0 Å². The van der Waals surface area contributed by atoms with Crippen LogP contribution in [-0.4, -0.2) is 38.4 Å². The molecule has 3 rings (SSSR count). The average molecular weight is 416 g/mol. The van der Waals surface area contributed by atoms with E-state index in [0.29, 0.717) is 29.2 Å². The zero-order chi connectivity index (χ0) is 20.1. The monoisotopic (exact) mass is 415 g/mol. The standard InChI is InChI=1S/C19H18ClN5O2S/c1-12(22-19(27)17-11-28-18(23-17)5-7-26)10-25-6-4-16(24-25)13-2-3-14(9-21)15(20)8-13/h2-4,6,8,11-12,26H,5,7,10H2,1H3,(H,22,27)/t12-/m0/s1. The summed E-state index contributed by atoms with van der Waals surface area (Å²) in [6.45, 7) is 2.39. The van der Waals surface area contributed by atoms with Crippen LogP contribution in [-0.2, 0) is 13.0 Å². The van der Waals surface area contributed by atoms with Crippen molar-refractivity contribution in [3.8, 4) is 17.3 Å². The smallest absolute Gasteiger partial charge is 0.271 e. The first-order chi connectivity index (χ1) is 13.5. The molecule has 9 heteroatoms. The Morgan fingerprint density at radius 3 is 3.00 bits per heavy atom. The molecule has 0 unspecified atom stereocenters. The molecule has 0 radical (unpaired) electrons. The third-order valence-electron chi connectivity index (χ3n) is 3.97. The number of nitrogens with one attached hydrogen (secondary N) is 1. The Kier molecular flexibility index (Phi) is 6.41. The Balaban J connectivity index is 1.62. The van der Waals surface area contributed by atoms with Crippen molar-refractivity contribution < 1.29 is 9.90 Å². The molecule has 2 heterocycles. The summed E-state index contributed by atoms with van der Waals surface area (Å²) in [6, 6.07) is 8.90. The number of benzene rings is 1. The van der Waals surface area contributed by atoms with E-state index in [9.17, 15) is 4.79 Å². The second-order valence-corrected chi connectivity index (χ2v) is 7.55. The number of nitrogens with zero attached hydrogens (tertiary/aromatic N) is 4. The van der Waals surface area contributed by atoms with E-state index in [4.69, 9.17) is 22.0 Å². The van der Waals surface area contributed by atoms with Gasteiger partial charge in [0.25, 0.3) is 5.91 Å². The van der Waals surface area contributed by atoms with Crippen LogP contribution in [0.1, 0.15) is 28.0 Å².